The van der Waals surface area contributed by atoms with Crippen molar-refractivity contribution >= 4 is 34.8 Å². The maximum atomic E-state index is 13.3. The standard InChI is InChI=1S/C26H32ClN3O3/c1-26(2,17-27)25(32)29-20-9-10-23(30-12-11-18-6-3-4-7-19(18)16-30)22(14-20)24(31)28-15-21-8-5-13-33-21/h3-4,6-7,9-10,14,21H,5,8,11-13,15-17H2,1-2H3,(H,28,31)(H,29,32). The number of nitrogens with one attached hydrogen (secondary N) is 2. The Balaban J connectivity index is 1.59. The number of ether oxygens (including phenoxy) is 1. The lowest BCUT2D eigenvalue weighted by Crippen LogP contribution is -2.36. The van der Waals surface area contributed by atoms with E-state index in [1.165, 1.54) is 11.1 Å². The zero-order chi connectivity index (χ0) is 23.4. The topological polar surface area (TPSA) is 70.7 Å². The molecule has 0 aromatic heterocycles. The van der Waals surface area contributed by atoms with Crippen molar-refractivity contribution in [2.45, 2.75) is 45.8 Å². The predicted molar refractivity (Wildman–Crippen MR) is 132 cm³/mol. The van der Waals surface area contributed by atoms with E-state index in [2.05, 4.69) is 39.8 Å². The van der Waals surface area contributed by atoms with E-state index < -0.39 is 5.41 Å². The Hall–Kier alpha value is -2.57. The quantitative estimate of drug-likeness (QED) is 0.591. The first-order valence-corrected chi connectivity index (χ1v) is 12.1. The zero-order valence-corrected chi connectivity index (χ0v) is 20.1. The smallest absolute Gasteiger partial charge is 0.253 e. The summed E-state index contributed by atoms with van der Waals surface area (Å²) in [6.45, 7) is 6.39. The maximum absolute atomic E-state index is 13.3. The summed E-state index contributed by atoms with van der Waals surface area (Å²) < 4.78 is 5.66. The molecule has 0 bridgehead atoms. The van der Waals surface area contributed by atoms with Crippen LogP contribution in [0, 0.1) is 5.41 Å². The number of anilines is 2. The first-order chi connectivity index (χ1) is 15.9. The summed E-state index contributed by atoms with van der Waals surface area (Å²) in [6.07, 6.45) is 2.97. The Morgan fingerprint density at radius 2 is 1.97 bits per heavy atom. The number of hydrogen-bond acceptors (Lipinski definition) is 4. The Labute approximate surface area is 200 Å². The average Bonchev–Trinajstić information content (AvgIpc) is 3.36. The van der Waals surface area contributed by atoms with Crippen LogP contribution in [0.5, 0.6) is 0 Å². The third kappa shape index (κ3) is 5.50. The molecule has 2 aromatic carbocycles. The number of amides is 2. The van der Waals surface area contributed by atoms with Gasteiger partial charge in [0, 0.05) is 43.5 Å². The highest BCUT2D eigenvalue weighted by atomic mass is 35.5. The third-order valence-corrected chi connectivity index (χ3v) is 7.10. The van der Waals surface area contributed by atoms with Gasteiger partial charge >= 0.3 is 0 Å². The van der Waals surface area contributed by atoms with E-state index >= 15 is 0 Å². The maximum Gasteiger partial charge on any atom is 0.253 e. The molecule has 2 aromatic rings. The second-order valence-corrected chi connectivity index (χ2v) is 9.76. The second-order valence-electron chi connectivity index (χ2n) is 9.49. The van der Waals surface area contributed by atoms with Crippen LogP contribution < -0.4 is 15.5 Å². The number of benzene rings is 2. The van der Waals surface area contributed by atoms with Crippen LogP contribution in [0.2, 0.25) is 0 Å². The van der Waals surface area contributed by atoms with E-state index in [1.54, 1.807) is 19.9 Å². The summed E-state index contributed by atoms with van der Waals surface area (Å²) in [4.78, 5) is 28.2. The molecular weight excluding hydrogens is 438 g/mol. The minimum absolute atomic E-state index is 0.0617. The number of rotatable bonds is 7. The van der Waals surface area contributed by atoms with Crippen LogP contribution >= 0.6 is 11.6 Å². The molecule has 4 rings (SSSR count). The van der Waals surface area contributed by atoms with Crippen LogP contribution in [0.4, 0.5) is 11.4 Å². The van der Waals surface area contributed by atoms with E-state index in [-0.39, 0.29) is 23.8 Å². The van der Waals surface area contributed by atoms with Gasteiger partial charge in [-0.15, -0.1) is 11.6 Å². The van der Waals surface area contributed by atoms with E-state index in [0.717, 1.165) is 44.6 Å². The Kier molecular flexibility index (Phi) is 7.25. The monoisotopic (exact) mass is 469 g/mol. The van der Waals surface area contributed by atoms with Gasteiger partial charge in [-0.3, -0.25) is 9.59 Å². The van der Waals surface area contributed by atoms with Gasteiger partial charge in [0.25, 0.3) is 5.91 Å². The Morgan fingerprint density at radius 3 is 2.70 bits per heavy atom. The molecule has 33 heavy (non-hydrogen) atoms. The molecule has 2 aliphatic rings. The molecule has 1 atom stereocenters. The van der Waals surface area contributed by atoms with Crippen LogP contribution in [0.3, 0.4) is 0 Å². The minimum atomic E-state index is -0.709. The van der Waals surface area contributed by atoms with Gasteiger partial charge in [-0.1, -0.05) is 24.3 Å². The Bertz CT molecular complexity index is 1020. The van der Waals surface area contributed by atoms with Crippen LogP contribution in [-0.4, -0.2) is 43.5 Å². The van der Waals surface area contributed by atoms with E-state index in [0.29, 0.717) is 17.8 Å². The lowest BCUT2D eigenvalue weighted by atomic mass is 9.95. The number of fused-ring (bicyclic) bond motifs is 1. The van der Waals surface area contributed by atoms with E-state index in [4.69, 9.17) is 16.3 Å². The fourth-order valence-corrected chi connectivity index (χ4v) is 4.36. The molecule has 0 aliphatic carbocycles. The summed E-state index contributed by atoms with van der Waals surface area (Å²) >= 11 is 5.96. The molecule has 0 spiro atoms. The summed E-state index contributed by atoms with van der Waals surface area (Å²) in [5.74, 6) is -0.131. The van der Waals surface area contributed by atoms with Gasteiger partial charge in [0.05, 0.1) is 17.1 Å². The van der Waals surface area contributed by atoms with Gasteiger partial charge in [-0.05, 0) is 62.4 Å². The zero-order valence-electron chi connectivity index (χ0n) is 19.3. The number of nitrogens with zero attached hydrogens (tertiary/aromatic N) is 1. The molecule has 1 fully saturated rings. The first kappa shape index (κ1) is 23.6. The molecule has 2 heterocycles. The molecular formula is C26H32ClN3O3. The van der Waals surface area contributed by atoms with Crippen LogP contribution in [0.25, 0.3) is 0 Å². The highest BCUT2D eigenvalue weighted by molar-refractivity contribution is 6.20. The Morgan fingerprint density at radius 1 is 1.18 bits per heavy atom. The number of hydrogen-bond donors (Lipinski definition) is 2. The van der Waals surface area contributed by atoms with Crippen molar-refractivity contribution in [1.29, 1.82) is 0 Å². The largest absolute Gasteiger partial charge is 0.376 e. The van der Waals surface area contributed by atoms with Crippen molar-refractivity contribution in [3.63, 3.8) is 0 Å². The van der Waals surface area contributed by atoms with Gasteiger partial charge in [-0.2, -0.15) is 0 Å². The molecule has 2 aliphatic heterocycles. The summed E-state index contributed by atoms with van der Waals surface area (Å²) in [6, 6.07) is 14.0. The second kappa shape index (κ2) is 10.1. The van der Waals surface area contributed by atoms with Crippen LogP contribution in [-0.2, 0) is 22.5 Å². The van der Waals surface area contributed by atoms with Crippen LogP contribution in [0.15, 0.2) is 42.5 Å². The van der Waals surface area contributed by atoms with Crippen molar-refractivity contribution in [3.8, 4) is 0 Å². The summed E-state index contributed by atoms with van der Waals surface area (Å²) in [7, 11) is 0. The molecule has 1 unspecified atom stereocenters. The van der Waals surface area contributed by atoms with Crippen molar-refractivity contribution in [1.82, 2.24) is 5.32 Å². The molecule has 176 valence electrons. The van der Waals surface area contributed by atoms with Gasteiger partial charge in [-0.25, -0.2) is 0 Å². The highest BCUT2D eigenvalue weighted by Gasteiger charge is 2.28. The fourth-order valence-electron chi connectivity index (χ4n) is 4.24. The normalized spacial score (nSPS) is 18.0. The van der Waals surface area contributed by atoms with Crippen molar-refractivity contribution in [2.24, 2.45) is 5.41 Å². The number of halogens is 1. The number of carbonyl (C=O) groups is 2. The third-order valence-electron chi connectivity index (χ3n) is 6.43. The van der Waals surface area contributed by atoms with E-state index in [9.17, 15) is 9.59 Å². The molecule has 1 saturated heterocycles. The molecule has 0 radical (unpaired) electrons. The minimum Gasteiger partial charge on any atom is -0.376 e. The van der Waals surface area contributed by atoms with Gasteiger partial charge in [0.1, 0.15) is 0 Å². The molecule has 0 saturated carbocycles. The summed E-state index contributed by atoms with van der Waals surface area (Å²) in [5, 5.41) is 5.96. The van der Waals surface area contributed by atoms with Crippen molar-refractivity contribution in [2.75, 3.05) is 35.8 Å². The number of alkyl halides is 1. The molecule has 6 nitrogen and oxygen atoms in total. The van der Waals surface area contributed by atoms with Gasteiger partial charge in [0.2, 0.25) is 5.91 Å². The lowest BCUT2D eigenvalue weighted by Gasteiger charge is -2.32. The predicted octanol–water partition coefficient (Wildman–Crippen LogP) is 4.36. The SMILES string of the molecule is CC(C)(CCl)C(=O)Nc1ccc(N2CCc3ccccc3C2)c(C(=O)NCC2CCCO2)c1. The highest BCUT2D eigenvalue weighted by Crippen LogP contribution is 2.30. The molecule has 2 amide bonds. The summed E-state index contributed by atoms with van der Waals surface area (Å²) in [5.41, 5.74) is 3.92. The fraction of sp³-hybridized carbons (Fsp3) is 0.462. The number of carbonyl (C=O) groups excluding carboxylic acids is 2. The van der Waals surface area contributed by atoms with Crippen LogP contribution in [0.1, 0.15) is 48.2 Å². The van der Waals surface area contributed by atoms with Crippen molar-refractivity contribution in [3.05, 3.63) is 59.2 Å². The molecule has 7 heteroatoms. The first-order valence-electron chi connectivity index (χ1n) is 11.6. The van der Waals surface area contributed by atoms with Gasteiger partial charge in [0.15, 0.2) is 0 Å². The van der Waals surface area contributed by atoms with Crippen molar-refractivity contribution < 1.29 is 14.3 Å². The van der Waals surface area contributed by atoms with E-state index in [1.807, 2.05) is 12.1 Å². The molecule has 2 N–H and O–H groups in total. The lowest BCUT2D eigenvalue weighted by molar-refractivity contribution is -0.122. The average molecular weight is 470 g/mol. The van der Waals surface area contributed by atoms with Gasteiger partial charge < -0.3 is 20.3 Å².